The molecule has 172 valence electrons. The highest BCUT2D eigenvalue weighted by atomic mass is 16.5. The van der Waals surface area contributed by atoms with Gasteiger partial charge in [0.2, 0.25) is 5.91 Å². The lowest BCUT2D eigenvalue weighted by molar-refractivity contribution is -0.127. The number of piperidine rings is 1. The van der Waals surface area contributed by atoms with Crippen molar-refractivity contribution in [2.75, 3.05) is 33.4 Å². The van der Waals surface area contributed by atoms with Gasteiger partial charge in [-0.1, -0.05) is 36.4 Å². The molecule has 0 radical (unpaired) electrons. The molecule has 6 heteroatoms. The van der Waals surface area contributed by atoms with Crippen molar-refractivity contribution in [3.63, 3.8) is 0 Å². The smallest absolute Gasteiger partial charge is 0.223 e. The summed E-state index contributed by atoms with van der Waals surface area (Å²) in [6.45, 7) is 4.68. The molecule has 2 saturated heterocycles. The lowest BCUT2D eigenvalue weighted by atomic mass is 9.95. The zero-order valence-corrected chi connectivity index (χ0v) is 18.9. The van der Waals surface area contributed by atoms with Crippen molar-refractivity contribution >= 4 is 5.91 Å². The molecule has 0 saturated carbocycles. The number of nitrogens with one attached hydrogen (secondary N) is 1. The van der Waals surface area contributed by atoms with Gasteiger partial charge in [-0.25, -0.2) is 0 Å². The molecule has 0 aromatic heterocycles. The van der Waals surface area contributed by atoms with E-state index in [0.29, 0.717) is 13.2 Å². The predicted octanol–water partition coefficient (Wildman–Crippen LogP) is 3.78. The molecule has 6 nitrogen and oxygen atoms in total. The Morgan fingerprint density at radius 2 is 1.88 bits per heavy atom. The van der Waals surface area contributed by atoms with E-state index < -0.39 is 0 Å². The van der Waals surface area contributed by atoms with Gasteiger partial charge in [-0.05, 0) is 62.0 Å². The molecule has 0 spiro atoms. The van der Waals surface area contributed by atoms with Crippen molar-refractivity contribution < 1.29 is 19.0 Å². The van der Waals surface area contributed by atoms with Gasteiger partial charge in [0, 0.05) is 25.6 Å². The third-order valence-electron chi connectivity index (χ3n) is 6.36. The molecule has 0 aliphatic carbocycles. The largest absolute Gasteiger partial charge is 0.493 e. The Morgan fingerprint density at radius 3 is 2.59 bits per heavy atom. The first-order valence-electron chi connectivity index (χ1n) is 11.7. The molecule has 0 unspecified atom stereocenters. The fraction of sp³-hybridized carbons (Fsp3) is 0.500. The number of ether oxygens (including phenoxy) is 3. The van der Waals surface area contributed by atoms with E-state index in [2.05, 4.69) is 22.3 Å². The van der Waals surface area contributed by atoms with Crippen LogP contribution in [0.3, 0.4) is 0 Å². The highest BCUT2D eigenvalue weighted by Gasteiger charge is 2.26. The minimum Gasteiger partial charge on any atom is -0.493 e. The van der Waals surface area contributed by atoms with E-state index in [1.165, 1.54) is 5.56 Å². The molecular weight excluding hydrogens is 404 g/mol. The summed E-state index contributed by atoms with van der Waals surface area (Å²) in [5.41, 5.74) is 2.32. The first-order valence-corrected chi connectivity index (χ1v) is 11.7. The molecule has 1 amide bonds. The molecule has 1 atom stereocenters. The first-order chi connectivity index (χ1) is 15.7. The first kappa shape index (κ1) is 22.6. The number of nitrogens with zero attached hydrogens (tertiary/aromatic N) is 1. The van der Waals surface area contributed by atoms with E-state index >= 15 is 0 Å². The van der Waals surface area contributed by atoms with Gasteiger partial charge < -0.3 is 19.5 Å². The van der Waals surface area contributed by atoms with Gasteiger partial charge >= 0.3 is 0 Å². The summed E-state index contributed by atoms with van der Waals surface area (Å²) in [7, 11) is 1.68. The van der Waals surface area contributed by atoms with Crippen LogP contribution in [0.4, 0.5) is 0 Å². The molecular formula is C26H34N2O4. The number of likely N-dealkylation sites (tertiary alicyclic amines) is 1. The van der Waals surface area contributed by atoms with E-state index in [1.807, 2.05) is 36.4 Å². The maximum Gasteiger partial charge on any atom is 0.223 e. The van der Waals surface area contributed by atoms with E-state index in [1.54, 1.807) is 7.11 Å². The minimum absolute atomic E-state index is 0.107. The summed E-state index contributed by atoms with van der Waals surface area (Å²) in [4.78, 5) is 14.9. The van der Waals surface area contributed by atoms with Gasteiger partial charge in [0.1, 0.15) is 6.61 Å². The van der Waals surface area contributed by atoms with Crippen molar-refractivity contribution in [1.29, 1.82) is 0 Å². The monoisotopic (exact) mass is 438 g/mol. The van der Waals surface area contributed by atoms with Crippen LogP contribution in [0, 0.1) is 5.92 Å². The Kier molecular flexibility index (Phi) is 8.02. The average Bonchev–Trinajstić information content (AvgIpc) is 3.36. The van der Waals surface area contributed by atoms with Crippen molar-refractivity contribution in [3.05, 3.63) is 59.7 Å². The second-order valence-corrected chi connectivity index (χ2v) is 8.69. The molecule has 2 heterocycles. The highest BCUT2D eigenvalue weighted by Crippen LogP contribution is 2.30. The van der Waals surface area contributed by atoms with Crippen LogP contribution in [0.1, 0.15) is 36.8 Å². The fourth-order valence-corrected chi connectivity index (χ4v) is 4.44. The van der Waals surface area contributed by atoms with Gasteiger partial charge in [-0.2, -0.15) is 0 Å². The van der Waals surface area contributed by atoms with Crippen LogP contribution in [0.25, 0.3) is 0 Å². The van der Waals surface area contributed by atoms with Gasteiger partial charge in [0.15, 0.2) is 11.5 Å². The lowest BCUT2D eigenvalue weighted by Crippen LogP contribution is -2.42. The zero-order valence-electron chi connectivity index (χ0n) is 18.9. The summed E-state index contributed by atoms with van der Waals surface area (Å²) in [5.74, 6) is 1.79. The predicted molar refractivity (Wildman–Crippen MR) is 124 cm³/mol. The molecule has 2 aliphatic rings. The third kappa shape index (κ3) is 6.24. The Labute approximate surface area is 190 Å². The van der Waals surface area contributed by atoms with Crippen LogP contribution >= 0.6 is 0 Å². The average molecular weight is 439 g/mol. The normalized spacial score (nSPS) is 19.6. The van der Waals surface area contributed by atoms with Crippen molar-refractivity contribution in [3.8, 4) is 11.5 Å². The second-order valence-electron chi connectivity index (χ2n) is 8.69. The van der Waals surface area contributed by atoms with Gasteiger partial charge in [-0.3, -0.25) is 9.69 Å². The van der Waals surface area contributed by atoms with Crippen molar-refractivity contribution in [2.45, 2.75) is 44.9 Å². The SMILES string of the molecule is COc1cc(CN2CCC(C(=O)NC[C@@H]3CCCO3)CC2)ccc1OCc1ccccc1. The fourth-order valence-electron chi connectivity index (χ4n) is 4.44. The number of hydrogen-bond donors (Lipinski definition) is 1. The Morgan fingerprint density at radius 1 is 1.06 bits per heavy atom. The van der Waals surface area contributed by atoms with Crippen molar-refractivity contribution in [2.24, 2.45) is 5.92 Å². The van der Waals surface area contributed by atoms with Crippen LogP contribution in [0.5, 0.6) is 11.5 Å². The van der Waals surface area contributed by atoms with Crippen LogP contribution < -0.4 is 14.8 Å². The highest BCUT2D eigenvalue weighted by molar-refractivity contribution is 5.78. The molecule has 2 aliphatic heterocycles. The van der Waals surface area contributed by atoms with E-state index in [4.69, 9.17) is 14.2 Å². The van der Waals surface area contributed by atoms with Gasteiger partial charge in [0.05, 0.1) is 13.2 Å². The van der Waals surface area contributed by atoms with Crippen LogP contribution in [-0.2, 0) is 22.7 Å². The number of methoxy groups -OCH3 is 1. The van der Waals surface area contributed by atoms with Crippen LogP contribution in [0.2, 0.25) is 0 Å². The lowest BCUT2D eigenvalue weighted by Gasteiger charge is -2.31. The third-order valence-corrected chi connectivity index (χ3v) is 6.36. The maximum atomic E-state index is 12.5. The summed E-state index contributed by atoms with van der Waals surface area (Å²) in [6.07, 6.45) is 4.15. The standard InChI is InChI=1S/C26H34N2O4/c1-30-25-16-21(9-10-24(25)32-19-20-6-3-2-4-7-20)18-28-13-11-22(12-14-28)26(29)27-17-23-8-5-15-31-23/h2-4,6-7,9-10,16,22-23H,5,8,11-15,17-19H2,1H3,(H,27,29)/t23-/m0/s1. The number of amides is 1. The number of benzene rings is 2. The molecule has 2 aromatic carbocycles. The summed E-state index contributed by atoms with van der Waals surface area (Å²) >= 11 is 0. The number of carbonyl (C=O) groups excluding carboxylic acids is 1. The zero-order chi connectivity index (χ0) is 22.2. The summed E-state index contributed by atoms with van der Waals surface area (Å²) < 4.78 is 17.1. The van der Waals surface area contributed by atoms with Gasteiger partial charge in [-0.15, -0.1) is 0 Å². The maximum absolute atomic E-state index is 12.5. The second kappa shape index (κ2) is 11.3. The Hall–Kier alpha value is -2.57. The van der Waals surface area contributed by atoms with E-state index in [0.717, 1.165) is 69.0 Å². The molecule has 1 N–H and O–H groups in total. The molecule has 2 fully saturated rings. The van der Waals surface area contributed by atoms with Crippen molar-refractivity contribution in [1.82, 2.24) is 10.2 Å². The van der Waals surface area contributed by atoms with Gasteiger partial charge in [0.25, 0.3) is 0 Å². The quantitative estimate of drug-likeness (QED) is 0.646. The molecule has 32 heavy (non-hydrogen) atoms. The molecule has 0 bridgehead atoms. The topological polar surface area (TPSA) is 60.0 Å². The summed E-state index contributed by atoms with van der Waals surface area (Å²) in [6, 6.07) is 16.3. The molecule has 4 rings (SSSR count). The minimum atomic E-state index is 0.107. The summed E-state index contributed by atoms with van der Waals surface area (Å²) in [5, 5.41) is 3.09. The Bertz CT molecular complexity index is 859. The van der Waals surface area contributed by atoms with Crippen LogP contribution in [0.15, 0.2) is 48.5 Å². The number of rotatable bonds is 9. The van der Waals surface area contributed by atoms with E-state index in [-0.39, 0.29) is 17.9 Å². The van der Waals surface area contributed by atoms with Crippen LogP contribution in [-0.4, -0.2) is 50.3 Å². The number of hydrogen-bond acceptors (Lipinski definition) is 5. The van der Waals surface area contributed by atoms with E-state index in [9.17, 15) is 4.79 Å². The molecule has 2 aromatic rings. The Balaban J connectivity index is 1.24. The number of carbonyl (C=O) groups is 1.